The highest BCUT2D eigenvalue weighted by Crippen LogP contribution is 2.04. The number of nitrogens with zero attached hydrogens (tertiary/aromatic N) is 2. The van der Waals surface area contributed by atoms with E-state index in [1.54, 1.807) is 20.2 Å². The van der Waals surface area contributed by atoms with Gasteiger partial charge in [-0.15, -0.1) is 0 Å². The molecule has 0 aliphatic carbocycles. The second kappa shape index (κ2) is 7.60. The zero-order valence-corrected chi connectivity index (χ0v) is 11.1. The number of aromatic nitrogens is 2. The zero-order valence-electron chi connectivity index (χ0n) is 11.1. The molecule has 18 heavy (non-hydrogen) atoms. The second-order valence-electron chi connectivity index (χ2n) is 3.92. The number of aryl methyl sites for hydroxylation is 1. The van der Waals surface area contributed by atoms with Crippen LogP contribution < -0.4 is 10.6 Å². The SMILES string of the molecule is CNc1nc(C)cc(C(=O)NCCCCOC)n1. The number of anilines is 1. The van der Waals surface area contributed by atoms with E-state index in [2.05, 4.69) is 20.6 Å². The minimum Gasteiger partial charge on any atom is -0.385 e. The van der Waals surface area contributed by atoms with Gasteiger partial charge in [0.1, 0.15) is 5.69 Å². The Morgan fingerprint density at radius 1 is 1.39 bits per heavy atom. The van der Waals surface area contributed by atoms with Crippen LogP contribution in [-0.2, 0) is 4.74 Å². The van der Waals surface area contributed by atoms with E-state index in [1.807, 2.05) is 6.92 Å². The van der Waals surface area contributed by atoms with Crippen LogP contribution >= 0.6 is 0 Å². The Balaban J connectivity index is 2.48. The van der Waals surface area contributed by atoms with Gasteiger partial charge in [-0.2, -0.15) is 0 Å². The van der Waals surface area contributed by atoms with Crippen molar-refractivity contribution in [1.29, 1.82) is 0 Å². The largest absolute Gasteiger partial charge is 0.385 e. The number of ether oxygens (including phenoxy) is 1. The van der Waals surface area contributed by atoms with Gasteiger partial charge in [0.25, 0.3) is 5.91 Å². The van der Waals surface area contributed by atoms with Gasteiger partial charge in [-0.3, -0.25) is 4.79 Å². The summed E-state index contributed by atoms with van der Waals surface area (Å²) in [7, 11) is 3.39. The third-order valence-electron chi connectivity index (χ3n) is 2.37. The molecule has 0 atom stereocenters. The first-order chi connectivity index (χ1) is 8.67. The normalized spacial score (nSPS) is 10.2. The fourth-order valence-corrected chi connectivity index (χ4v) is 1.46. The molecule has 6 nitrogen and oxygen atoms in total. The molecule has 1 amide bonds. The Hall–Kier alpha value is -1.69. The molecule has 0 saturated carbocycles. The number of unbranched alkanes of at least 4 members (excludes halogenated alkanes) is 1. The molecular weight excluding hydrogens is 232 g/mol. The van der Waals surface area contributed by atoms with Gasteiger partial charge in [0.05, 0.1) is 0 Å². The lowest BCUT2D eigenvalue weighted by molar-refractivity contribution is 0.0946. The fourth-order valence-electron chi connectivity index (χ4n) is 1.46. The van der Waals surface area contributed by atoms with Crippen molar-refractivity contribution in [3.05, 3.63) is 17.5 Å². The number of carbonyl (C=O) groups excluding carboxylic acids is 1. The van der Waals surface area contributed by atoms with Crippen molar-refractivity contribution in [1.82, 2.24) is 15.3 Å². The quantitative estimate of drug-likeness (QED) is 0.708. The van der Waals surface area contributed by atoms with E-state index in [-0.39, 0.29) is 5.91 Å². The van der Waals surface area contributed by atoms with Crippen molar-refractivity contribution in [3.8, 4) is 0 Å². The van der Waals surface area contributed by atoms with Gasteiger partial charge in [-0.25, -0.2) is 9.97 Å². The highest BCUT2D eigenvalue weighted by atomic mass is 16.5. The third-order valence-corrected chi connectivity index (χ3v) is 2.37. The first-order valence-corrected chi connectivity index (χ1v) is 5.98. The number of rotatable bonds is 7. The number of nitrogens with one attached hydrogen (secondary N) is 2. The van der Waals surface area contributed by atoms with E-state index in [4.69, 9.17) is 4.74 Å². The van der Waals surface area contributed by atoms with Crippen molar-refractivity contribution >= 4 is 11.9 Å². The molecule has 1 heterocycles. The summed E-state index contributed by atoms with van der Waals surface area (Å²) in [5.41, 5.74) is 1.15. The lowest BCUT2D eigenvalue weighted by Gasteiger charge is -2.06. The predicted octanol–water partition coefficient (Wildman–Crippen LogP) is 0.983. The number of hydrogen-bond donors (Lipinski definition) is 2. The predicted molar refractivity (Wildman–Crippen MR) is 69.8 cm³/mol. The Kier molecular flexibility index (Phi) is 6.07. The molecule has 0 aromatic carbocycles. The summed E-state index contributed by atoms with van der Waals surface area (Å²) in [5.74, 6) is 0.286. The molecule has 0 radical (unpaired) electrons. The van der Waals surface area contributed by atoms with Crippen LogP contribution in [0.25, 0.3) is 0 Å². The Labute approximate surface area is 107 Å². The topological polar surface area (TPSA) is 76.1 Å². The molecular formula is C12H20N4O2. The maximum Gasteiger partial charge on any atom is 0.270 e. The van der Waals surface area contributed by atoms with Crippen LogP contribution in [0.2, 0.25) is 0 Å². The van der Waals surface area contributed by atoms with E-state index in [1.165, 1.54) is 0 Å². The molecule has 0 aliphatic rings. The first kappa shape index (κ1) is 14.4. The standard InChI is InChI=1S/C12H20N4O2/c1-9-8-10(16-12(13-2)15-9)11(17)14-6-4-5-7-18-3/h8H,4-7H2,1-3H3,(H,14,17)(H,13,15,16). The average Bonchev–Trinajstić information content (AvgIpc) is 2.37. The summed E-state index contributed by atoms with van der Waals surface area (Å²) in [6.07, 6.45) is 1.82. The molecule has 0 unspecified atom stereocenters. The summed E-state index contributed by atoms with van der Waals surface area (Å²) in [6.45, 7) is 3.17. The van der Waals surface area contributed by atoms with E-state index in [9.17, 15) is 4.79 Å². The highest BCUT2D eigenvalue weighted by Gasteiger charge is 2.09. The fraction of sp³-hybridized carbons (Fsp3) is 0.583. The van der Waals surface area contributed by atoms with E-state index < -0.39 is 0 Å². The second-order valence-corrected chi connectivity index (χ2v) is 3.92. The maximum atomic E-state index is 11.8. The average molecular weight is 252 g/mol. The van der Waals surface area contributed by atoms with Crippen LogP contribution in [0, 0.1) is 6.92 Å². The van der Waals surface area contributed by atoms with Gasteiger partial charge in [0, 0.05) is 33.0 Å². The first-order valence-electron chi connectivity index (χ1n) is 5.98. The van der Waals surface area contributed by atoms with Crippen LogP contribution in [-0.4, -0.2) is 43.2 Å². The van der Waals surface area contributed by atoms with Crippen molar-refractivity contribution < 1.29 is 9.53 Å². The summed E-state index contributed by atoms with van der Waals surface area (Å²) in [6, 6.07) is 1.67. The minimum absolute atomic E-state index is 0.172. The van der Waals surface area contributed by atoms with Crippen LogP contribution in [0.5, 0.6) is 0 Å². The number of hydrogen-bond acceptors (Lipinski definition) is 5. The zero-order chi connectivity index (χ0) is 13.4. The third kappa shape index (κ3) is 4.67. The summed E-state index contributed by atoms with van der Waals surface area (Å²) in [5, 5.41) is 5.65. The van der Waals surface area contributed by atoms with E-state index in [0.717, 1.165) is 18.5 Å². The molecule has 0 bridgehead atoms. The minimum atomic E-state index is -0.172. The van der Waals surface area contributed by atoms with Crippen molar-refractivity contribution in [2.45, 2.75) is 19.8 Å². The van der Waals surface area contributed by atoms with Crippen molar-refractivity contribution in [2.75, 3.05) is 32.6 Å². The van der Waals surface area contributed by atoms with E-state index >= 15 is 0 Å². The highest BCUT2D eigenvalue weighted by molar-refractivity contribution is 5.92. The molecule has 0 spiro atoms. The molecule has 1 aromatic heterocycles. The van der Waals surface area contributed by atoms with Crippen molar-refractivity contribution in [3.63, 3.8) is 0 Å². The molecule has 1 rings (SSSR count). The number of carbonyl (C=O) groups is 1. The molecule has 0 aliphatic heterocycles. The summed E-state index contributed by atoms with van der Waals surface area (Å²) >= 11 is 0. The number of amides is 1. The van der Waals surface area contributed by atoms with Gasteiger partial charge in [0.2, 0.25) is 5.95 Å². The smallest absolute Gasteiger partial charge is 0.270 e. The van der Waals surface area contributed by atoms with Gasteiger partial charge in [-0.05, 0) is 25.8 Å². The number of methoxy groups -OCH3 is 1. The maximum absolute atomic E-state index is 11.8. The molecule has 100 valence electrons. The summed E-state index contributed by atoms with van der Waals surface area (Å²) in [4.78, 5) is 20.1. The van der Waals surface area contributed by atoms with Crippen LogP contribution in [0.3, 0.4) is 0 Å². The van der Waals surface area contributed by atoms with Crippen LogP contribution in [0.1, 0.15) is 29.0 Å². The lowest BCUT2D eigenvalue weighted by atomic mass is 10.3. The Morgan fingerprint density at radius 2 is 2.17 bits per heavy atom. The summed E-state index contributed by atoms with van der Waals surface area (Å²) < 4.78 is 4.94. The molecule has 1 aromatic rings. The Morgan fingerprint density at radius 3 is 2.83 bits per heavy atom. The van der Waals surface area contributed by atoms with E-state index in [0.29, 0.717) is 24.8 Å². The molecule has 0 fully saturated rings. The molecule has 0 saturated heterocycles. The lowest BCUT2D eigenvalue weighted by Crippen LogP contribution is -2.26. The Bertz CT molecular complexity index is 396. The van der Waals surface area contributed by atoms with Gasteiger partial charge >= 0.3 is 0 Å². The molecule has 2 N–H and O–H groups in total. The van der Waals surface area contributed by atoms with Gasteiger partial charge in [-0.1, -0.05) is 0 Å². The van der Waals surface area contributed by atoms with Gasteiger partial charge < -0.3 is 15.4 Å². The molecule has 6 heteroatoms. The monoisotopic (exact) mass is 252 g/mol. The van der Waals surface area contributed by atoms with Gasteiger partial charge in [0.15, 0.2) is 0 Å². The van der Waals surface area contributed by atoms with Crippen molar-refractivity contribution in [2.24, 2.45) is 0 Å². The van der Waals surface area contributed by atoms with Crippen LogP contribution in [0.15, 0.2) is 6.07 Å². The van der Waals surface area contributed by atoms with Crippen LogP contribution in [0.4, 0.5) is 5.95 Å².